The van der Waals surface area contributed by atoms with Crippen molar-refractivity contribution in [2.45, 2.75) is 51.5 Å². The van der Waals surface area contributed by atoms with Crippen molar-refractivity contribution in [3.05, 3.63) is 0 Å². The van der Waals surface area contributed by atoms with Crippen LogP contribution in [-0.4, -0.2) is 60.2 Å². The molecule has 1 saturated heterocycles. The second-order valence-electron chi connectivity index (χ2n) is 4.96. The highest BCUT2D eigenvalue weighted by atomic mass is 19.1. The Morgan fingerprint density at radius 2 is 2.17 bits per heavy atom. The monoisotopic (exact) mass is 264 g/mol. The lowest BCUT2D eigenvalue weighted by atomic mass is 9.97. The van der Waals surface area contributed by atoms with Gasteiger partial charge in [0.15, 0.2) is 0 Å². The van der Waals surface area contributed by atoms with E-state index >= 15 is 0 Å². The molecule has 0 amide bonds. The molecular weight excluding hydrogens is 239 g/mol. The van der Waals surface area contributed by atoms with Crippen molar-refractivity contribution in [3.8, 4) is 0 Å². The van der Waals surface area contributed by atoms with Gasteiger partial charge in [0.1, 0.15) is 12.4 Å². The van der Waals surface area contributed by atoms with E-state index in [1.165, 1.54) is 7.11 Å². The van der Waals surface area contributed by atoms with Crippen LogP contribution in [0.3, 0.4) is 0 Å². The number of nitrogens with one attached hydrogen (secondary N) is 1. The molecule has 0 aromatic carbocycles. The van der Waals surface area contributed by atoms with E-state index in [0.29, 0.717) is 13.0 Å². The molecule has 0 aliphatic carbocycles. The highest BCUT2D eigenvalue weighted by Gasteiger charge is 2.34. The van der Waals surface area contributed by atoms with E-state index in [9.17, 15) is 14.6 Å². The van der Waals surface area contributed by atoms with Crippen LogP contribution < -0.4 is 5.32 Å². The van der Waals surface area contributed by atoms with E-state index < -0.39 is 18.8 Å². The maximum atomic E-state index is 13.2. The summed E-state index contributed by atoms with van der Waals surface area (Å²) >= 11 is 0. The van der Waals surface area contributed by atoms with Crippen molar-refractivity contribution in [1.29, 1.82) is 0 Å². The Bertz CT molecular complexity index is 245. The number of nitrogens with zero attached hydrogens (tertiary/aromatic N) is 1. The maximum Gasteiger partial charge on any atom is 0.213 e. The summed E-state index contributed by atoms with van der Waals surface area (Å²) in [5.41, 5.74) is 0. The molecule has 1 aliphatic rings. The minimum atomic E-state index is -1.12. The minimum Gasteiger partial charge on any atom is -0.377 e. The van der Waals surface area contributed by atoms with E-state index in [2.05, 4.69) is 5.32 Å². The molecule has 5 atom stereocenters. The van der Waals surface area contributed by atoms with E-state index in [0.717, 1.165) is 6.42 Å². The van der Waals surface area contributed by atoms with E-state index in [-0.39, 0.29) is 18.5 Å². The number of hydrogen-bond acceptors (Lipinski definition) is 5. The van der Waals surface area contributed by atoms with Crippen molar-refractivity contribution >= 4 is 0 Å². The number of alkyl halides is 1. The van der Waals surface area contributed by atoms with Gasteiger partial charge in [0.05, 0.1) is 6.04 Å². The van der Waals surface area contributed by atoms with Crippen LogP contribution >= 0.6 is 0 Å². The van der Waals surface area contributed by atoms with Gasteiger partial charge in [0.2, 0.25) is 6.41 Å². The molecule has 0 radical (unpaired) electrons. The zero-order chi connectivity index (χ0) is 13.7. The molecule has 5 nitrogen and oxygen atoms in total. The third kappa shape index (κ3) is 4.13. The number of methoxy groups -OCH3 is 1. The van der Waals surface area contributed by atoms with Gasteiger partial charge in [-0.15, -0.1) is 0 Å². The molecule has 0 spiro atoms. The molecule has 1 heterocycles. The summed E-state index contributed by atoms with van der Waals surface area (Å²) in [4.78, 5) is 1.71. The van der Waals surface area contributed by atoms with E-state index in [1.807, 2.05) is 13.8 Å². The molecule has 5 unspecified atom stereocenters. The van der Waals surface area contributed by atoms with Crippen LogP contribution in [0.2, 0.25) is 0 Å². The summed E-state index contributed by atoms with van der Waals surface area (Å²) in [5.74, 6) is 0.142. The van der Waals surface area contributed by atoms with Gasteiger partial charge in [-0.1, -0.05) is 20.3 Å². The average Bonchev–Trinajstić information content (AvgIpc) is 2.80. The van der Waals surface area contributed by atoms with Gasteiger partial charge in [0.25, 0.3) is 0 Å². The molecule has 1 rings (SSSR count). The highest BCUT2D eigenvalue weighted by Crippen LogP contribution is 2.20. The fourth-order valence-electron chi connectivity index (χ4n) is 2.24. The summed E-state index contributed by atoms with van der Waals surface area (Å²) in [6, 6.07) is -0.352. The van der Waals surface area contributed by atoms with E-state index in [1.54, 1.807) is 4.90 Å². The first-order chi connectivity index (χ1) is 8.49. The van der Waals surface area contributed by atoms with Gasteiger partial charge < -0.3 is 14.9 Å². The second kappa shape index (κ2) is 7.35. The van der Waals surface area contributed by atoms with Crippen molar-refractivity contribution in [2.75, 3.05) is 20.2 Å². The van der Waals surface area contributed by atoms with Gasteiger partial charge in [-0.05, 0) is 12.3 Å². The van der Waals surface area contributed by atoms with Gasteiger partial charge in [-0.25, -0.2) is 4.39 Å². The third-order valence-corrected chi connectivity index (χ3v) is 3.67. The third-order valence-electron chi connectivity index (χ3n) is 3.67. The van der Waals surface area contributed by atoms with Crippen LogP contribution in [0, 0.1) is 5.92 Å². The molecule has 108 valence electrons. The van der Waals surface area contributed by atoms with Crippen LogP contribution in [0.15, 0.2) is 0 Å². The Balaban J connectivity index is 2.63. The van der Waals surface area contributed by atoms with Crippen molar-refractivity contribution in [1.82, 2.24) is 10.2 Å². The fraction of sp³-hybridized carbons (Fsp3) is 1.00. The molecule has 1 aliphatic heterocycles. The number of rotatable bonds is 7. The zero-order valence-electron chi connectivity index (χ0n) is 11.3. The predicted molar refractivity (Wildman–Crippen MR) is 66.5 cm³/mol. The summed E-state index contributed by atoms with van der Waals surface area (Å²) in [6.07, 6.45) is -1.51. The Hall–Kier alpha value is -0.270. The van der Waals surface area contributed by atoms with Crippen LogP contribution in [0.5, 0.6) is 0 Å². The van der Waals surface area contributed by atoms with Crippen molar-refractivity contribution in [2.24, 2.45) is 5.92 Å². The summed E-state index contributed by atoms with van der Waals surface area (Å²) in [6.45, 7) is 4.78. The normalized spacial score (nSPS) is 28.0. The molecule has 0 aromatic heterocycles. The van der Waals surface area contributed by atoms with Crippen LogP contribution in [0.25, 0.3) is 0 Å². The Morgan fingerprint density at radius 3 is 2.61 bits per heavy atom. The van der Waals surface area contributed by atoms with Gasteiger partial charge in [0, 0.05) is 20.2 Å². The smallest absolute Gasteiger partial charge is 0.213 e. The molecule has 1 fully saturated rings. The van der Waals surface area contributed by atoms with Gasteiger partial charge >= 0.3 is 0 Å². The zero-order valence-corrected chi connectivity index (χ0v) is 11.3. The first kappa shape index (κ1) is 15.8. The maximum absolute atomic E-state index is 13.2. The quantitative estimate of drug-likeness (QED) is 0.576. The van der Waals surface area contributed by atoms with Crippen LogP contribution in [-0.2, 0) is 4.74 Å². The summed E-state index contributed by atoms with van der Waals surface area (Å²) in [5, 5.41) is 22.6. The first-order valence-corrected chi connectivity index (χ1v) is 6.52. The number of aliphatic hydroxyl groups excluding tert-OH is 2. The number of aliphatic hydroxyl groups is 2. The highest BCUT2D eigenvalue weighted by molar-refractivity contribution is 4.85. The lowest BCUT2D eigenvalue weighted by molar-refractivity contribution is -0.129. The van der Waals surface area contributed by atoms with Crippen LogP contribution in [0.1, 0.15) is 26.7 Å². The number of hydrogen-bond donors (Lipinski definition) is 3. The Kier molecular flexibility index (Phi) is 6.45. The number of likely N-dealkylation sites (tertiary alicyclic amines) is 1. The average molecular weight is 264 g/mol. The SMILES string of the molecule is CCC(C)C(NC(O)OC)C(O)N1CCC(F)C1. The molecule has 18 heavy (non-hydrogen) atoms. The molecule has 0 saturated carbocycles. The Morgan fingerprint density at radius 1 is 1.50 bits per heavy atom. The number of halogens is 1. The molecule has 6 heteroatoms. The summed E-state index contributed by atoms with van der Waals surface area (Å²) < 4.78 is 17.9. The fourth-order valence-corrected chi connectivity index (χ4v) is 2.24. The molecular formula is C12H25FN2O3. The second-order valence-corrected chi connectivity index (χ2v) is 4.96. The molecule has 3 N–H and O–H groups in total. The van der Waals surface area contributed by atoms with Gasteiger partial charge in [-0.3, -0.25) is 10.2 Å². The van der Waals surface area contributed by atoms with Crippen molar-refractivity contribution < 1.29 is 19.3 Å². The topological polar surface area (TPSA) is 65.0 Å². The standard InChI is InChI=1S/C12H25FN2O3/c1-4-8(2)10(14-12(17)18-3)11(16)15-6-5-9(13)7-15/h8-12,14,16-17H,4-7H2,1-3H3. The minimum absolute atomic E-state index is 0.142. The largest absolute Gasteiger partial charge is 0.377 e. The van der Waals surface area contributed by atoms with Gasteiger partial charge in [-0.2, -0.15) is 0 Å². The molecule has 0 aromatic rings. The van der Waals surface area contributed by atoms with E-state index in [4.69, 9.17) is 4.74 Å². The van der Waals surface area contributed by atoms with Crippen molar-refractivity contribution in [3.63, 3.8) is 0 Å². The lowest BCUT2D eigenvalue weighted by Gasteiger charge is -2.35. The van der Waals surface area contributed by atoms with Crippen LogP contribution in [0.4, 0.5) is 4.39 Å². The predicted octanol–water partition coefficient (Wildman–Crippen LogP) is 0.275. The summed E-state index contributed by atoms with van der Waals surface area (Å²) in [7, 11) is 1.38. The molecule has 0 bridgehead atoms. The Labute approximate surface area is 108 Å². The lowest BCUT2D eigenvalue weighted by Crippen LogP contribution is -2.55. The first-order valence-electron chi connectivity index (χ1n) is 6.52. The number of ether oxygens (including phenoxy) is 1.